The maximum atomic E-state index is 13.3. The summed E-state index contributed by atoms with van der Waals surface area (Å²) in [5.41, 5.74) is -1.15. The molecule has 0 unspecified atom stereocenters. The minimum Gasteiger partial charge on any atom is -0.339 e. The van der Waals surface area contributed by atoms with Crippen molar-refractivity contribution in [3.8, 4) is 0 Å². The standard InChI is InChI=1S/C23H42N2O2/c1-7-8-9-10-11-12-13-18-14-23(15-18)25(6)19(26)22(27-23)16-20(2,3)24-21(4,5)17-22/h18,24H,7-17H2,1-6H3. The molecular weight excluding hydrogens is 336 g/mol. The summed E-state index contributed by atoms with van der Waals surface area (Å²) in [4.78, 5) is 15.3. The zero-order chi connectivity index (χ0) is 19.9. The van der Waals surface area contributed by atoms with Gasteiger partial charge in [0.1, 0.15) is 5.72 Å². The topological polar surface area (TPSA) is 41.6 Å². The van der Waals surface area contributed by atoms with Crippen LogP contribution >= 0.6 is 0 Å². The van der Waals surface area contributed by atoms with Gasteiger partial charge >= 0.3 is 0 Å². The summed E-state index contributed by atoms with van der Waals surface area (Å²) in [5.74, 6) is 0.937. The summed E-state index contributed by atoms with van der Waals surface area (Å²) < 4.78 is 6.74. The molecule has 2 saturated heterocycles. The highest BCUT2D eigenvalue weighted by Gasteiger charge is 2.66. The lowest BCUT2D eigenvalue weighted by atomic mass is 9.72. The van der Waals surface area contributed by atoms with E-state index in [9.17, 15) is 4.79 Å². The van der Waals surface area contributed by atoms with Crippen LogP contribution in [0.5, 0.6) is 0 Å². The maximum Gasteiger partial charge on any atom is 0.257 e. The number of ether oxygens (including phenoxy) is 1. The molecular formula is C23H42N2O2. The Kier molecular flexibility index (Phi) is 5.73. The molecule has 2 heterocycles. The predicted octanol–water partition coefficient (Wildman–Crippen LogP) is 5.01. The Morgan fingerprint density at radius 3 is 2.15 bits per heavy atom. The summed E-state index contributed by atoms with van der Waals surface area (Å²) in [5, 5.41) is 3.69. The average Bonchev–Trinajstić information content (AvgIpc) is 2.69. The smallest absolute Gasteiger partial charge is 0.257 e. The van der Waals surface area contributed by atoms with Gasteiger partial charge in [0.25, 0.3) is 5.91 Å². The number of piperidine rings is 1. The van der Waals surface area contributed by atoms with Crippen LogP contribution in [0.1, 0.15) is 105 Å². The van der Waals surface area contributed by atoms with E-state index in [4.69, 9.17) is 4.74 Å². The lowest BCUT2D eigenvalue weighted by Crippen LogP contribution is -2.65. The Labute approximate surface area is 166 Å². The summed E-state index contributed by atoms with van der Waals surface area (Å²) in [6, 6.07) is 0. The molecule has 3 fully saturated rings. The normalized spacial score (nSPS) is 33.6. The highest BCUT2D eigenvalue weighted by molar-refractivity contribution is 5.88. The second-order valence-corrected chi connectivity index (χ2v) is 11.0. The molecule has 156 valence electrons. The molecule has 2 spiro atoms. The number of rotatable bonds is 7. The quantitative estimate of drug-likeness (QED) is 0.633. The van der Waals surface area contributed by atoms with Crippen LogP contribution in [0.4, 0.5) is 0 Å². The average molecular weight is 379 g/mol. The van der Waals surface area contributed by atoms with Crippen molar-refractivity contribution in [1.82, 2.24) is 10.2 Å². The second-order valence-electron chi connectivity index (χ2n) is 11.0. The van der Waals surface area contributed by atoms with Crippen molar-refractivity contribution >= 4 is 5.91 Å². The number of hydrogen-bond donors (Lipinski definition) is 1. The number of amides is 1. The van der Waals surface area contributed by atoms with E-state index in [1.165, 1.54) is 44.9 Å². The van der Waals surface area contributed by atoms with Gasteiger partial charge in [0.2, 0.25) is 0 Å². The molecule has 1 amide bonds. The van der Waals surface area contributed by atoms with Gasteiger partial charge in [0.05, 0.1) is 0 Å². The van der Waals surface area contributed by atoms with Gasteiger partial charge in [-0.15, -0.1) is 0 Å². The Balaban J connectivity index is 1.56. The van der Waals surface area contributed by atoms with Crippen molar-refractivity contribution in [3.63, 3.8) is 0 Å². The van der Waals surface area contributed by atoms with Gasteiger partial charge < -0.3 is 15.0 Å². The minimum atomic E-state index is -0.641. The van der Waals surface area contributed by atoms with Crippen LogP contribution in [0.2, 0.25) is 0 Å². The van der Waals surface area contributed by atoms with Gasteiger partial charge in [-0.25, -0.2) is 0 Å². The van der Waals surface area contributed by atoms with Gasteiger partial charge in [0, 0.05) is 31.0 Å². The fourth-order valence-electron chi connectivity index (χ4n) is 6.30. The van der Waals surface area contributed by atoms with E-state index < -0.39 is 5.60 Å². The Hall–Kier alpha value is -0.610. The van der Waals surface area contributed by atoms with Gasteiger partial charge in [-0.05, 0) is 46.5 Å². The first-order valence-electron chi connectivity index (χ1n) is 11.3. The lowest BCUT2D eigenvalue weighted by molar-refractivity contribution is -0.217. The van der Waals surface area contributed by atoms with Crippen LogP contribution in [0.25, 0.3) is 0 Å². The zero-order valence-electron chi connectivity index (χ0n) is 18.6. The molecule has 0 aromatic rings. The van der Waals surface area contributed by atoms with Gasteiger partial charge in [-0.3, -0.25) is 4.79 Å². The van der Waals surface area contributed by atoms with Crippen LogP contribution in [-0.2, 0) is 9.53 Å². The number of carbonyl (C=O) groups excluding carboxylic acids is 1. The Morgan fingerprint density at radius 1 is 1.00 bits per heavy atom. The van der Waals surface area contributed by atoms with Crippen molar-refractivity contribution in [2.45, 2.75) is 128 Å². The van der Waals surface area contributed by atoms with E-state index in [1.54, 1.807) is 0 Å². The molecule has 3 rings (SSSR count). The van der Waals surface area contributed by atoms with E-state index in [2.05, 4.69) is 39.9 Å². The van der Waals surface area contributed by atoms with Crippen LogP contribution < -0.4 is 5.32 Å². The van der Waals surface area contributed by atoms with Crippen molar-refractivity contribution in [3.05, 3.63) is 0 Å². The van der Waals surface area contributed by atoms with Crippen LogP contribution in [0.3, 0.4) is 0 Å². The number of unbranched alkanes of at least 4 members (excludes halogenated alkanes) is 5. The summed E-state index contributed by atoms with van der Waals surface area (Å²) in [6.07, 6.45) is 13.0. The summed E-state index contributed by atoms with van der Waals surface area (Å²) in [7, 11) is 1.97. The molecule has 0 aromatic carbocycles. The number of carbonyl (C=O) groups is 1. The fourth-order valence-corrected chi connectivity index (χ4v) is 6.30. The minimum absolute atomic E-state index is 0.0918. The highest BCUT2D eigenvalue weighted by Crippen LogP contribution is 2.55. The maximum absolute atomic E-state index is 13.3. The molecule has 0 bridgehead atoms. The lowest BCUT2D eigenvalue weighted by Gasteiger charge is -2.52. The van der Waals surface area contributed by atoms with E-state index >= 15 is 0 Å². The number of hydrogen-bond acceptors (Lipinski definition) is 3. The number of nitrogens with one attached hydrogen (secondary N) is 1. The molecule has 4 heteroatoms. The molecule has 1 N–H and O–H groups in total. The van der Waals surface area contributed by atoms with Crippen molar-refractivity contribution in [1.29, 1.82) is 0 Å². The molecule has 0 radical (unpaired) electrons. The third-order valence-corrected chi connectivity index (χ3v) is 7.00. The first-order valence-corrected chi connectivity index (χ1v) is 11.3. The van der Waals surface area contributed by atoms with Crippen molar-refractivity contribution in [2.24, 2.45) is 5.92 Å². The number of likely N-dealkylation sites (N-methyl/N-ethyl adjacent to an activating group) is 1. The van der Waals surface area contributed by atoms with Crippen LogP contribution in [0.15, 0.2) is 0 Å². The SMILES string of the molecule is CCCCCCCCC1CC2(C1)OC1(CC(C)(C)NC(C)(C)C1)C(=O)N2C. The third kappa shape index (κ3) is 4.22. The molecule has 27 heavy (non-hydrogen) atoms. The molecule has 0 atom stereocenters. The second kappa shape index (κ2) is 7.33. The fraction of sp³-hybridized carbons (Fsp3) is 0.957. The van der Waals surface area contributed by atoms with E-state index in [1.807, 2.05) is 11.9 Å². The monoisotopic (exact) mass is 378 g/mol. The Bertz CT molecular complexity index is 533. The number of nitrogens with zero attached hydrogens (tertiary/aromatic N) is 1. The summed E-state index contributed by atoms with van der Waals surface area (Å²) >= 11 is 0. The summed E-state index contributed by atoms with van der Waals surface area (Å²) in [6.45, 7) is 11.0. The molecule has 0 aromatic heterocycles. The van der Waals surface area contributed by atoms with Crippen LogP contribution in [-0.4, -0.2) is 40.3 Å². The molecule has 2 aliphatic heterocycles. The van der Waals surface area contributed by atoms with Crippen molar-refractivity contribution in [2.75, 3.05) is 7.05 Å². The largest absolute Gasteiger partial charge is 0.339 e. The van der Waals surface area contributed by atoms with Gasteiger partial charge in [0.15, 0.2) is 5.60 Å². The van der Waals surface area contributed by atoms with E-state index in [0.29, 0.717) is 0 Å². The highest BCUT2D eigenvalue weighted by atomic mass is 16.6. The van der Waals surface area contributed by atoms with Crippen LogP contribution in [0, 0.1) is 5.92 Å². The molecule has 3 aliphatic rings. The van der Waals surface area contributed by atoms with Gasteiger partial charge in [-0.1, -0.05) is 51.9 Å². The molecule has 1 aliphatic carbocycles. The van der Waals surface area contributed by atoms with Gasteiger partial charge in [-0.2, -0.15) is 0 Å². The zero-order valence-corrected chi connectivity index (χ0v) is 18.6. The molecule has 1 saturated carbocycles. The first kappa shape index (κ1) is 21.1. The van der Waals surface area contributed by atoms with Crippen molar-refractivity contribution < 1.29 is 9.53 Å². The molecule has 4 nitrogen and oxygen atoms in total. The first-order chi connectivity index (χ1) is 12.5. The Morgan fingerprint density at radius 2 is 1.56 bits per heavy atom. The van der Waals surface area contributed by atoms with E-state index in [0.717, 1.165) is 31.6 Å². The predicted molar refractivity (Wildman–Crippen MR) is 111 cm³/mol. The van der Waals surface area contributed by atoms with E-state index in [-0.39, 0.29) is 22.7 Å². The third-order valence-electron chi connectivity index (χ3n) is 7.00.